The smallest absolute Gasteiger partial charge is 0.251 e. The van der Waals surface area contributed by atoms with Crippen LogP contribution in [0.3, 0.4) is 0 Å². The van der Waals surface area contributed by atoms with E-state index in [2.05, 4.69) is 34.5 Å². The van der Waals surface area contributed by atoms with Gasteiger partial charge in [-0.25, -0.2) is 0 Å². The van der Waals surface area contributed by atoms with Crippen molar-refractivity contribution in [1.29, 1.82) is 0 Å². The maximum absolute atomic E-state index is 12.8. The molecule has 0 aromatic heterocycles. The van der Waals surface area contributed by atoms with E-state index in [0.717, 1.165) is 13.1 Å². The second-order valence-corrected chi connectivity index (χ2v) is 7.68. The number of rotatable bonds is 8. The molecule has 0 bridgehead atoms. The fourth-order valence-corrected chi connectivity index (χ4v) is 3.95. The van der Waals surface area contributed by atoms with Gasteiger partial charge >= 0.3 is 0 Å². The van der Waals surface area contributed by atoms with Crippen molar-refractivity contribution < 1.29 is 19.2 Å². The summed E-state index contributed by atoms with van der Waals surface area (Å²) in [5, 5.41) is 3.13. The number of ether oxygens (including phenoxy) is 2. The molecule has 0 unspecified atom stereocenters. The van der Waals surface area contributed by atoms with Crippen LogP contribution in [0.25, 0.3) is 0 Å². The molecule has 6 heteroatoms. The largest absolute Gasteiger partial charge is 0.493 e. The van der Waals surface area contributed by atoms with Crippen LogP contribution in [0.15, 0.2) is 42.5 Å². The normalized spacial score (nSPS) is 15.0. The van der Waals surface area contributed by atoms with Crippen molar-refractivity contribution in [2.24, 2.45) is 0 Å². The first-order chi connectivity index (χ1) is 14.0. The summed E-state index contributed by atoms with van der Waals surface area (Å²) in [5.74, 6) is 1.07. The first kappa shape index (κ1) is 21.0. The summed E-state index contributed by atoms with van der Waals surface area (Å²) >= 11 is 0. The highest BCUT2D eigenvalue weighted by molar-refractivity contribution is 5.94. The van der Waals surface area contributed by atoms with Crippen molar-refractivity contribution in [3.63, 3.8) is 0 Å². The minimum absolute atomic E-state index is 0.0977. The first-order valence-corrected chi connectivity index (χ1v) is 10.2. The molecule has 2 aromatic rings. The van der Waals surface area contributed by atoms with Gasteiger partial charge in [-0.1, -0.05) is 12.1 Å². The Bertz CT molecular complexity index is 815. The summed E-state index contributed by atoms with van der Waals surface area (Å²) in [7, 11) is 7.25. The zero-order valence-electron chi connectivity index (χ0n) is 17.8. The topological polar surface area (TPSA) is 55.2 Å². The molecule has 3 rings (SSSR count). The minimum atomic E-state index is -0.0977. The lowest BCUT2D eigenvalue weighted by Gasteiger charge is -2.26. The summed E-state index contributed by atoms with van der Waals surface area (Å²) in [6.45, 7) is 2.89. The van der Waals surface area contributed by atoms with Gasteiger partial charge in [-0.15, -0.1) is 0 Å². The summed E-state index contributed by atoms with van der Waals surface area (Å²) in [5.41, 5.74) is 3.01. The lowest BCUT2D eigenvalue weighted by atomic mass is 10.0. The second-order valence-electron chi connectivity index (χ2n) is 7.68. The molecular weight excluding hydrogens is 366 g/mol. The Kier molecular flexibility index (Phi) is 6.99. The van der Waals surface area contributed by atoms with E-state index in [0.29, 0.717) is 23.6 Å². The first-order valence-electron chi connectivity index (χ1n) is 10.2. The van der Waals surface area contributed by atoms with E-state index in [1.165, 1.54) is 29.0 Å². The standard InChI is InChI=1S/C23H31N3O3/c1-25(2)19-10-7-17(8-11-19)20(26-13-5-6-14-26)16-24-23(27)18-9-12-21(28-3)22(15-18)29-4/h7-12,15,20H,5-6,13-14,16H2,1-4H3,(H,24,27)/p+1/t20-/m1/s1. The monoisotopic (exact) mass is 398 g/mol. The highest BCUT2D eigenvalue weighted by atomic mass is 16.5. The highest BCUT2D eigenvalue weighted by Crippen LogP contribution is 2.27. The number of anilines is 1. The van der Waals surface area contributed by atoms with Crippen LogP contribution in [0.5, 0.6) is 11.5 Å². The number of quaternary nitrogens is 1. The van der Waals surface area contributed by atoms with Gasteiger partial charge in [0.2, 0.25) is 0 Å². The molecule has 0 radical (unpaired) electrons. The number of carbonyl (C=O) groups is 1. The van der Waals surface area contributed by atoms with Crippen LogP contribution in [0, 0.1) is 0 Å². The molecule has 1 heterocycles. The Balaban J connectivity index is 1.73. The Morgan fingerprint density at radius 3 is 2.28 bits per heavy atom. The van der Waals surface area contributed by atoms with Crippen LogP contribution in [0.4, 0.5) is 5.69 Å². The zero-order chi connectivity index (χ0) is 20.8. The van der Waals surface area contributed by atoms with Crippen LogP contribution >= 0.6 is 0 Å². The van der Waals surface area contributed by atoms with E-state index in [-0.39, 0.29) is 11.9 Å². The summed E-state index contributed by atoms with van der Waals surface area (Å²) in [4.78, 5) is 16.4. The lowest BCUT2D eigenvalue weighted by Crippen LogP contribution is -3.11. The molecule has 1 atom stereocenters. The van der Waals surface area contributed by atoms with Gasteiger partial charge in [-0.2, -0.15) is 0 Å². The quantitative estimate of drug-likeness (QED) is 0.713. The number of nitrogens with zero attached hydrogens (tertiary/aromatic N) is 1. The lowest BCUT2D eigenvalue weighted by molar-refractivity contribution is -0.918. The van der Waals surface area contributed by atoms with Crippen LogP contribution in [-0.4, -0.2) is 53.9 Å². The molecule has 1 fully saturated rings. The Hall–Kier alpha value is -2.73. The van der Waals surface area contributed by atoms with Gasteiger partial charge in [0.25, 0.3) is 5.91 Å². The highest BCUT2D eigenvalue weighted by Gasteiger charge is 2.28. The van der Waals surface area contributed by atoms with Crippen LogP contribution < -0.4 is 24.6 Å². The van der Waals surface area contributed by atoms with E-state index >= 15 is 0 Å². The van der Waals surface area contributed by atoms with Gasteiger partial charge in [0.1, 0.15) is 6.04 Å². The van der Waals surface area contributed by atoms with Crippen LogP contribution in [-0.2, 0) is 0 Å². The van der Waals surface area contributed by atoms with Crippen molar-refractivity contribution in [2.75, 3.05) is 52.8 Å². The van der Waals surface area contributed by atoms with E-state index in [4.69, 9.17) is 9.47 Å². The molecule has 1 saturated heterocycles. The fourth-order valence-electron chi connectivity index (χ4n) is 3.95. The van der Waals surface area contributed by atoms with Gasteiger partial charge in [0.15, 0.2) is 11.5 Å². The average molecular weight is 399 g/mol. The Labute approximate surface area is 173 Å². The van der Waals surface area contributed by atoms with Crippen molar-refractivity contribution in [3.05, 3.63) is 53.6 Å². The molecule has 0 saturated carbocycles. The van der Waals surface area contributed by atoms with Gasteiger partial charge in [-0.3, -0.25) is 4.79 Å². The third-order valence-corrected chi connectivity index (χ3v) is 5.66. The second kappa shape index (κ2) is 9.65. The molecular formula is C23H32N3O3+. The average Bonchev–Trinajstić information content (AvgIpc) is 3.28. The number of nitrogens with one attached hydrogen (secondary N) is 2. The third-order valence-electron chi connectivity index (χ3n) is 5.66. The molecule has 2 aromatic carbocycles. The predicted molar refractivity (Wildman–Crippen MR) is 115 cm³/mol. The van der Waals surface area contributed by atoms with Crippen molar-refractivity contribution in [2.45, 2.75) is 18.9 Å². The van der Waals surface area contributed by atoms with E-state index in [1.54, 1.807) is 32.4 Å². The van der Waals surface area contributed by atoms with E-state index in [1.807, 2.05) is 14.1 Å². The number of methoxy groups -OCH3 is 2. The molecule has 1 amide bonds. The van der Waals surface area contributed by atoms with E-state index < -0.39 is 0 Å². The van der Waals surface area contributed by atoms with Crippen molar-refractivity contribution in [1.82, 2.24) is 5.32 Å². The zero-order valence-corrected chi connectivity index (χ0v) is 17.8. The predicted octanol–water partition coefficient (Wildman–Crippen LogP) is 1.92. The maximum atomic E-state index is 12.8. The van der Waals surface area contributed by atoms with Crippen LogP contribution in [0.2, 0.25) is 0 Å². The van der Waals surface area contributed by atoms with Gasteiger partial charge in [0.05, 0.1) is 33.9 Å². The molecule has 0 spiro atoms. The Morgan fingerprint density at radius 2 is 1.69 bits per heavy atom. The van der Waals surface area contributed by atoms with Gasteiger partial charge < -0.3 is 24.6 Å². The number of carbonyl (C=O) groups excluding carboxylic acids is 1. The molecule has 1 aliphatic heterocycles. The summed E-state index contributed by atoms with van der Waals surface area (Å²) in [6, 6.07) is 14.2. The van der Waals surface area contributed by atoms with E-state index in [9.17, 15) is 4.79 Å². The van der Waals surface area contributed by atoms with Crippen molar-refractivity contribution in [3.8, 4) is 11.5 Å². The summed E-state index contributed by atoms with van der Waals surface area (Å²) in [6.07, 6.45) is 2.48. The van der Waals surface area contributed by atoms with Crippen LogP contribution in [0.1, 0.15) is 34.8 Å². The minimum Gasteiger partial charge on any atom is -0.493 e. The molecule has 0 aliphatic carbocycles. The maximum Gasteiger partial charge on any atom is 0.251 e. The van der Waals surface area contributed by atoms with Gasteiger partial charge in [-0.05, 0) is 30.3 Å². The number of hydrogen-bond acceptors (Lipinski definition) is 4. The number of amides is 1. The molecule has 156 valence electrons. The number of likely N-dealkylation sites (tertiary alicyclic amines) is 1. The fraction of sp³-hybridized carbons (Fsp3) is 0.435. The SMILES string of the molecule is COc1ccc(C(=O)NC[C@H](c2ccc(N(C)C)cc2)[NH+]2CCCC2)cc1OC. The molecule has 1 aliphatic rings. The molecule has 29 heavy (non-hydrogen) atoms. The molecule has 6 nitrogen and oxygen atoms in total. The number of benzene rings is 2. The third kappa shape index (κ3) is 5.01. The molecule has 2 N–H and O–H groups in total. The number of hydrogen-bond donors (Lipinski definition) is 2. The van der Waals surface area contributed by atoms with Crippen molar-refractivity contribution >= 4 is 11.6 Å². The summed E-state index contributed by atoms with van der Waals surface area (Å²) < 4.78 is 10.6. The Morgan fingerprint density at radius 1 is 1.03 bits per heavy atom. The van der Waals surface area contributed by atoms with Gasteiger partial charge in [0, 0.05) is 43.8 Å².